The van der Waals surface area contributed by atoms with Gasteiger partial charge in [0.1, 0.15) is 12.1 Å². The molecule has 2 rings (SSSR count). The normalized spacial score (nSPS) is 10.1. The molecule has 1 amide bonds. The number of carbonyl (C=O) groups excluding carboxylic acids is 1. The molecule has 7 heteroatoms. The molecule has 1 aromatic heterocycles. The molecule has 0 saturated carbocycles. The van der Waals surface area contributed by atoms with Crippen LogP contribution in [0.3, 0.4) is 0 Å². The Labute approximate surface area is 121 Å². The number of anilines is 3. The summed E-state index contributed by atoms with van der Waals surface area (Å²) >= 11 is 0. The summed E-state index contributed by atoms with van der Waals surface area (Å²) in [6.45, 7) is 2.96. The van der Waals surface area contributed by atoms with Gasteiger partial charge in [-0.1, -0.05) is 0 Å². The molecule has 1 aromatic carbocycles. The molecule has 0 fully saturated rings. The Balaban J connectivity index is 2.37. The van der Waals surface area contributed by atoms with Crippen LogP contribution in [0.2, 0.25) is 0 Å². The van der Waals surface area contributed by atoms with E-state index in [4.69, 9.17) is 4.74 Å². The van der Waals surface area contributed by atoms with Crippen LogP contribution in [0.15, 0.2) is 24.5 Å². The van der Waals surface area contributed by atoms with Gasteiger partial charge in [0.15, 0.2) is 11.6 Å². The molecule has 110 valence electrons. The van der Waals surface area contributed by atoms with Crippen LogP contribution in [0.1, 0.15) is 12.6 Å². The molecule has 0 saturated heterocycles. The van der Waals surface area contributed by atoms with Gasteiger partial charge in [0.05, 0.1) is 18.5 Å². The summed E-state index contributed by atoms with van der Waals surface area (Å²) in [6.07, 6.45) is 1.27. The van der Waals surface area contributed by atoms with E-state index in [2.05, 4.69) is 20.6 Å². The number of nitrogens with zero attached hydrogens (tertiary/aromatic N) is 2. The van der Waals surface area contributed by atoms with E-state index in [-0.39, 0.29) is 17.4 Å². The van der Waals surface area contributed by atoms with Gasteiger partial charge >= 0.3 is 0 Å². The van der Waals surface area contributed by atoms with Crippen molar-refractivity contribution in [3.63, 3.8) is 0 Å². The summed E-state index contributed by atoms with van der Waals surface area (Å²) in [5, 5.41) is 5.49. The molecule has 21 heavy (non-hydrogen) atoms. The molecule has 0 aliphatic rings. The van der Waals surface area contributed by atoms with Gasteiger partial charge in [0.25, 0.3) is 0 Å². The number of carbonyl (C=O) groups is 1. The molecule has 6 nitrogen and oxygen atoms in total. The average Bonchev–Trinajstić information content (AvgIpc) is 2.43. The van der Waals surface area contributed by atoms with Crippen molar-refractivity contribution in [3.8, 4) is 5.75 Å². The number of nitrogens with one attached hydrogen (secondary N) is 2. The van der Waals surface area contributed by atoms with E-state index in [9.17, 15) is 9.18 Å². The largest absolute Gasteiger partial charge is 0.495 e. The van der Waals surface area contributed by atoms with Crippen LogP contribution in [0.25, 0.3) is 0 Å². The molecule has 0 aliphatic carbocycles. The van der Waals surface area contributed by atoms with Crippen molar-refractivity contribution in [2.75, 3.05) is 17.7 Å². The molecule has 1 heterocycles. The van der Waals surface area contributed by atoms with E-state index >= 15 is 0 Å². The van der Waals surface area contributed by atoms with E-state index in [0.717, 1.165) is 0 Å². The first-order valence-electron chi connectivity index (χ1n) is 6.21. The fraction of sp³-hybridized carbons (Fsp3) is 0.214. The van der Waals surface area contributed by atoms with Crippen LogP contribution in [0.4, 0.5) is 21.6 Å². The second kappa shape index (κ2) is 6.17. The Kier molecular flexibility index (Phi) is 4.32. The lowest BCUT2D eigenvalue weighted by Crippen LogP contribution is -2.07. The van der Waals surface area contributed by atoms with Gasteiger partial charge in [-0.25, -0.2) is 14.4 Å². The minimum atomic E-state index is -0.538. The second-order valence-corrected chi connectivity index (χ2v) is 4.34. The monoisotopic (exact) mass is 290 g/mol. The predicted molar refractivity (Wildman–Crippen MR) is 77.3 cm³/mol. The zero-order valence-electron chi connectivity index (χ0n) is 11.9. The number of hydrogen-bond acceptors (Lipinski definition) is 5. The summed E-state index contributed by atoms with van der Waals surface area (Å²) in [5.74, 6) is -0.194. The summed E-state index contributed by atoms with van der Waals surface area (Å²) in [5.41, 5.74) is 1.29. The van der Waals surface area contributed by atoms with Crippen LogP contribution in [-0.4, -0.2) is 23.0 Å². The molecular weight excluding hydrogens is 275 g/mol. The van der Waals surface area contributed by atoms with E-state index in [1.54, 1.807) is 25.1 Å². The Bertz CT molecular complexity index is 676. The van der Waals surface area contributed by atoms with Crippen molar-refractivity contribution in [2.45, 2.75) is 13.8 Å². The van der Waals surface area contributed by atoms with Gasteiger partial charge in [0.2, 0.25) is 5.91 Å². The van der Waals surface area contributed by atoms with Gasteiger partial charge in [0, 0.05) is 12.6 Å². The number of rotatable bonds is 4. The minimum absolute atomic E-state index is 0.0424. The molecular formula is C14H15FN4O2. The number of halogens is 1. The summed E-state index contributed by atoms with van der Waals surface area (Å²) in [4.78, 5) is 18.7. The van der Waals surface area contributed by atoms with Gasteiger partial charge in [-0.3, -0.25) is 4.79 Å². The van der Waals surface area contributed by atoms with Crippen molar-refractivity contribution in [3.05, 3.63) is 36.0 Å². The Hall–Kier alpha value is -2.70. The van der Waals surface area contributed by atoms with Gasteiger partial charge in [-0.15, -0.1) is 0 Å². The van der Waals surface area contributed by atoms with Gasteiger partial charge in [-0.05, 0) is 25.1 Å². The smallest absolute Gasteiger partial charge is 0.221 e. The molecule has 2 aromatic rings. The molecule has 0 unspecified atom stereocenters. The second-order valence-electron chi connectivity index (χ2n) is 4.34. The average molecular weight is 290 g/mol. The van der Waals surface area contributed by atoms with E-state index in [0.29, 0.717) is 17.1 Å². The maximum atomic E-state index is 13.9. The fourth-order valence-corrected chi connectivity index (χ4v) is 1.76. The maximum absolute atomic E-state index is 13.9. The van der Waals surface area contributed by atoms with Crippen molar-refractivity contribution in [1.82, 2.24) is 9.97 Å². The van der Waals surface area contributed by atoms with E-state index in [1.807, 2.05) is 0 Å². The maximum Gasteiger partial charge on any atom is 0.221 e. The molecule has 0 radical (unpaired) electrons. The van der Waals surface area contributed by atoms with Crippen LogP contribution >= 0.6 is 0 Å². The summed E-state index contributed by atoms with van der Waals surface area (Å²) in [7, 11) is 1.50. The number of hydrogen-bond donors (Lipinski definition) is 2. The van der Waals surface area contributed by atoms with Gasteiger partial charge < -0.3 is 15.4 Å². The first-order chi connectivity index (χ1) is 10.0. The van der Waals surface area contributed by atoms with Crippen LogP contribution in [0.5, 0.6) is 5.75 Å². The third-order valence-electron chi connectivity index (χ3n) is 2.74. The van der Waals surface area contributed by atoms with Gasteiger partial charge in [-0.2, -0.15) is 0 Å². The first kappa shape index (κ1) is 14.7. The standard InChI is InChI=1S/C14H15FN4O2/c1-8-13(15)14(17-7-16-8)19-11-6-10(18-9(2)20)4-5-12(11)21-3/h4-7H,1-3H3,(H,18,20)(H,16,17,19). The molecule has 0 atom stereocenters. The third kappa shape index (κ3) is 3.44. The molecule has 0 bridgehead atoms. The van der Waals surface area contributed by atoms with Crippen molar-refractivity contribution < 1.29 is 13.9 Å². The molecule has 0 spiro atoms. The third-order valence-corrected chi connectivity index (χ3v) is 2.74. The predicted octanol–water partition coefficient (Wildman–Crippen LogP) is 2.63. The lowest BCUT2D eigenvalue weighted by atomic mass is 10.2. The highest BCUT2D eigenvalue weighted by atomic mass is 19.1. The zero-order chi connectivity index (χ0) is 15.4. The SMILES string of the molecule is COc1ccc(NC(C)=O)cc1Nc1ncnc(C)c1F. The Morgan fingerprint density at radius 2 is 2.10 bits per heavy atom. The highest BCUT2D eigenvalue weighted by Crippen LogP contribution is 2.31. The number of benzene rings is 1. The number of aromatic nitrogens is 2. The highest BCUT2D eigenvalue weighted by Gasteiger charge is 2.11. The summed E-state index contributed by atoms with van der Waals surface area (Å²) in [6, 6.07) is 4.99. The van der Waals surface area contributed by atoms with Crippen LogP contribution in [-0.2, 0) is 4.79 Å². The first-order valence-corrected chi connectivity index (χ1v) is 6.21. The van der Waals surface area contributed by atoms with Crippen LogP contribution < -0.4 is 15.4 Å². The molecule has 2 N–H and O–H groups in total. The van der Waals surface area contributed by atoms with Crippen molar-refractivity contribution in [1.29, 1.82) is 0 Å². The zero-order valence-corrected chi connectivity index (χ0v) is 11.9. The van der Waals surface area contributed by atoms with E-state index < -0.39 is 5.82 Å². The fourth-order valence-electron chi connectivity index (χ4n) is 1.76. The van der Waals surface area contributed by atoms with Crippen molar-refractivity contribution >= 4 is 23.1 Å². The lowest BCUT2D eigenvalue weighted by molar-refractivity contribution is -0.114. The topological polar surface area (TPSA) is 76.1 Å². The minimum Gasteiger partial charge on any atom is -0.495 e. The molecule has 0 aliphatic heterocycles. The Morgan fingerprint density at radius 3 is 2.76 bits per heavy atom. The Morgan fingerprint density at radius 1 is 1.33 bits per heavy atom. The number of aryl methyl sites for hydroxylation is 1. The number of methoxy groups -OCH3 is 1. The highest BCUT2D eigenvalue weighted by molar-refractivity contribution is 5.89. The number of amides is 1. The summed E-state index contributed by atoms with van der Waals surface area (Å²) < 4.78 is 19.1. The van der Waals surface area contributed by atoms with E-state index in [1.165, 1.54) is 20.4 Å². The van der Waals surface area contributed by atoms with Crippen molar-refractivity contribution in [2.24, 2.45) is 0 Å². The van der Waals surface area contributed by atoms with Crippen LogP contribution in [0, 0.1) is 12.7 Å². The lowest BCUT2D eigenvalue weighted by Gasteiger charge is -2.13. The quantitative estimate of drug-likeness (QED) is 0.905. The number of ether oxygens (including phenoxy) is 1.